The van der Waals surface area contributed by atoms with Crippen LogP contribution in [0.3, 0.4) is 0 Å². The minimum absolute atomic E-state index is 0.0519. The fourth-order valence-electron chi connectivity index (χ4n) is 1.85. The second-order valence-electron chi connectivity index (χ2n) is 4.39. The van der Waals surface area contributed by atoms with Crippen molar-refractivity contribution in [2.45, 2.75) is 6.92 Å². The third kappa shape index (κ3) is 3.20. The quantitative estimate of drug-likeness (QED) is 0.792. The van der Waals surface area contributed by atoms with Crippen LogP contribution in [0.2, 0.25) is 0 Å². The van der Waals surface area contributed by atoms with Crippen LogP contribution in [0.15, 0.2) is 36.4 Å². The van der Waals surface area contributed by atoms with Crippen molar-refractivity contribution in [1.82, 2.24) is 0 Å². The average Bonchev–Trinajstić information content (AvgIpc) is 2.73. The number of nitrogens with zero attached hydrogens (tertiary/aromatic N) is 1. The Balaban J connectivity index is 1.92. The third-order valence-electron chi connectivity index (χ3n) is 2.86. The zero-order valence-electron chi connectivity index (χ0n) is 10.7. The van der Waals surface area contributed by atoms with E-state index in [1.165, 1.54) is 12.6 Å². The average molecular weight is 244 g/mol. The van der Waals surface area contributed by atoms with Crippen molar-refractivity contribution >= 4 is 23.0 Å². The zero-order chi connectivity index (χ0) is 13.0. The molecule has 0 radical (unpaired) electrons. The predicted octanol–water partition coefficient (Wildman–Crippen LogP) is 1.71. The third-order valence-corrected chi connectivity index (χ3v) is 2.86. The largest absolute Gasteiger partial charge is 0.375 e. The van der Waals surface area contributed by atoms with E-state index in [0.29, 0.717) is 0 Å². The van der Waals surface area contributed by atoms with Crippen molar-refractivity contribution in [3.05, 3.63) is 36.4 Å². The first-order chi connectivity index (χ1) is 8.65. The van der Waals surface area contributed by atoms with E-state index in [0.717, 1.165) is 24.5 Å². The van der Waals surface area contributed by atoms with E-state index in [-0.39, 0.29) is 5.91 Å². The molecule has 2 N–H and O–H groups in total. The van der Waals surface area contributed by atoms with E-state index in [1.54, 1.807) is 0 Å². The van der Waals surface area contributed by atoms with Gasteiger partial charge in [-0.25, -0.2) is 4.58 Å². The lowest BCUT2D eigenvalue weighted by atomic mass is 10.2. The van der Waals surface area contributed by atoms with Gasteiger partial charge in [0.2, 0.25) is 5.91 Å². The molecule has 1 aromatic rings. The lowest BCUT2D eigenvalue weighted by Crippen LogP contribution is -2.19. The van der Waals surface area contributed by atoms with Gasteiger partial charge in [-0.1, -0.05) is 0 Å². The van der Waals surface area contributed by atoms with Gasteiger partial charge in [-0.2, -0.15) is 0 Å². The van der Waals surface area contributed by atoms with Crippen molar-refractivity contribution in [3.8, 4) is 0 Å². The highest BCUT2D eigenvalue weighted by Gasteiger charge is 2.11. The molecule has 0 saturated heterocycles. The maximum atomic E-state index is 10.9. The minimum Gasteiger partial charge on any atom is -0.375 e. The molecular formula is C14H18N3O+. The normalized spacial score (nSPS) is 13.9. The summed E-state index contributed by atoms with van der Waals surface area (Å²) in [5, 5.41) is 6.10. The van der Waals surface area contributed by atoms with Crippen molar-refractivity contribution in [1.29, 1.82) is 0 Å². The predicted molar refractivity (Wildman–Crippen MR) is 74.4 cm³/mol. The van der Waals surface area contributed by atoms with E-state index in [1.807, 2.05) is 24.3 Å². The molecule has 0 spiro atoms. The summed E-state index contributed by atoms with van der Waals surface area (Å²) in [4.78, 5) is 10.9. The number of nitrogens with one attached hydrogen (secondary N) is 2. The summed E-state index contributed by atoms with van der Waals surface area (Å²) in [7, 11) is 2.08. The van der Waals surface area contributed by atoms with Gasteiger partial charge in [-0.05, 0) is 30.3 Å². The molecule has 0 atom stereocenters. The molecule has 2 rings (SSSR count). The monoisotopic (exact) mass is 244 g/mol. The first-order valence-corrected chi connectivity index (χ1v) is 6.00. The first kappa shape index (κ1) is 12.4. The maximum absolute atomic E-state index is 10.9. The van der Waals surface area contributed by atoms with Gasteiger partial charge in [0.05, 0.1) is 6.54 Å². The molecule has 4 heteroatoms. The Hall–Kier alpha value is -2.10. The molecule has 94 valence electrons. The fourth-order valence-corrected chi connectivity index (χ4v) is 1.85. The standard InChI is InChI=1S/C14H17N3O/c1-11(18)16-13-7-5-12(6-8-13)15-10-14-4-3-9-17(14)2/h3-8,15H,9-10H2,1-2H3/p+1. The molecule has 18 heavy (non-hydrogen) atoms. The molecule has 1 aromatic carbocycles. The number of hydrogen-bond acceptors (Lipinski definition) is 2. The van der Waals surface area contributed by atoms with Crippen LogP contribution in [-0.2, 0) is 4.79 Å². The number of rotatable bonds is 4. The number of benzene rings is 1. The summed E-state index contributed by atoms with van der Waals surface area (Å²) in [6, 6.07) is 7.71. The van der Waals surface area contributed by atoms with Gasteiger partial charge in [-0.15, -0.1) is 0 Å². The Labute approximate surface area is 107 Å². The van der Waals surface area contributed by atoms with Crippen molar-refractivity contribution < 1.29 is 9.37 Å². The Morgan fingerprint density at radius 3 is 2.50 bits per heavy atom. The number of anilines is 2. The number of carbonyl (C=O) groups is 1. The van der Waals surface area contributed by atoms with Gasteiger partial charge in [0.15, 0.2) is 12.3 Å². The Morgan fingerprint density at radius 1 is 1.28 bits per heavy atom. The molecule has 0 aromatic heterocycles. The van der Waals surface area contributed by atoms with Crippen molar-refractivity contribution in [2.75, 3.05) is 30.8 Å². The van der Waals surface area contributed by atoms with Crippen LogP contribution >= 0.6 is 0 Å². The van der Waals surface area contributed by atoms with E-state index < -0.39 is 0 Å². The minimum atomic E-state index is -0.0519. The summed E-state index contributed by atoms with van der Waals surface area (Å²) < 4.78 is 2.21. The maximum Gasteiger partial charge on any atom is 0.221 e. The lowest BCUT2D eigenvalue weighted by molar-refractivity contribution is -0.482. The van der Waals surface area contributed by atoms with Crippen LogP contribution in [0, 0.1) is 0 Å². The number of likely N-dealkylation sites (N-methyl/N-ethyl adjacent to an activating group) is 1. The van der Waals surface area contributed by atoms with E-state index in [2.05, 4.69) is 34.4 Å². The van der Waals surface area contributed by atoms with Crippen molar-refractivity contribution in [2.24, 2.45) is 0 Å². The van der Waals surface area contributed by atoms with Crippen LogP contribution in [0.4, 0.5) is 11.4 Å². The molecule has 0 aliphatic carbocycles. The van der Waals surface area contributed by atoms with Gasteiger partial charge >= 0.3 is 0 Å². The molecule has 1 heterocycles. The summed E-state index contributed by atoms with van der Waals surface area (Å²) in [6.07, 6.45) is 4.29. The number of carbonyl (C=O) groups excluding carboxylic acids is 1. The molecule has 0 saturated carbocycles. The highest BCUT2D eigenvalue weighted by molar-refractivity contribution is 5.95. The number of amides is 1. The van der Waals surface area contributed by atoms with E-state index in [9.17, 15) is 4.79 Å². The van der Waals surface area contributed by atoms with Gasteiger partial charge in [0, 0.05) is 24.4 Å². The summed E-state index contributed by atoms with van der Waals surface area (Å²) in [6.45, 7) is 3.30. The Bertz CT molecular complexity index is 500. The summed E-state index contributed by atoms with van der Waals surface area (Å²) in [5.74, 6) is -0.0519. The SMILES string of the molecule is CC(=O)Nc1ccc(NCC2=[N+](C)CC=C2)cc1. The number of hydrogen-bond donors (Lipinski definition) is 2. The van der Waals surface area contributed by atoms with Crippen LogP contribution in [0.5, 0.6) is 0 Å². The van der Waals surface area contributed by atoms with Gasteiger partial charge < -0.3 is 10.6 Å². The highest BCUT2D eigenvalue weighted by atomic mass is 16.1. The van der Waals surface area contributed by atoms with Crippen LogP contribution < -0.4 is 10.6 Å². The van der Waals surface area contributed by atoms with Crippen LogP contribution in [-0.4, -0.2) is 36.3 Å². The molecule has 1 aliphatic rings. The van der Waals surface area contributed by atoms with Crippen LogP contribution in [0.1, 0.15) is 6.92 Å². The smallest absolute Gasteiger partial charge is 0.221 e. The molecule has 1 amide bonds. The Kier molecular flexibility index (Phi) is 3.77. The molecular weight excluding hydrogens is 226 g/mol. The summed E-state index contributed by atoms with van der Waals surface area (Å²) in [5.41, 5.74) is 3.14. The van der Waals surface area contributed by atoms with Crippen LogP contribution in [0.25, 0.3) is 0 Å². The Morgan fingerprint density at radius 2 is 1.94 bits per heavy atom. The molecule has 0 unspecified atom stereocenters. The second kappa shape index (κ2) is 5.49. The topological polar surface area (TPSA) is 44.1 Å². The fraction of sp³-hybridized carbons (Fsp3) is 0.286. The van der Waals surface area contributed by atoms with Crippen molar-refractivity contribution in [3.63, 3.8) is 0 Å². The van der Waals surface area contributed by atoms with E-state index >= 15 is 0 Å². The summed E-state index contributed by atoms with van der Waals surface area (Å²) >= 11 is 0. The lowest BCUT2D eigenvalue weighted by Gasteiger charge is -2.06. The second-order valence-corrected chi connectivity index (χ2v) is 4.39. The van der Waals surface area contributed by atoms with E-state index in [4.69, 9.17) is 0 Å². The molecule has 0 fully saturated rings. The zero-order valence-corrected chi connectivity index (χ0v) is 10.7. The first-order valence-electron chi connectivity index (χ1n) is 6.00. The van der Waals surface area contributed by atoms with Gasteiger partial charge in [0.25, 0.3) is 0 Å². The van der Waals surface area contributed by atoms with Gasteiger partial charge in [-0.3, -0.25) is 4.79 Å². The molecule has 4 nitrogen and oxygen atoms in total. The molecule has 1 aliphatic heterocycles. The molecule has 0 bridgehead atoms. The highest BCUT2D eigenvalue weighted by Crippen LogP contribution is 2.13. The van der Waals surface area contributed by atoms with Gasteiger partial charge in [0.1, 0.15) is 7.05 Å².